The molecule has 3 aromatic rings. The van der Waals surface area contributed by atoms with Gasteiger partial charge >= 0.3 is 11.6 Å². The van der Waals surface area contributed by atoms with Crippen molar-refractivity contribution < 1.29 is 19.1 Å². The van der Waals surface area contributed by atoms with Gasteiger partial charge in [0, 0.05) is 35.4 Å². The number of nitrogens with zero attached hydrogens (tertiary/aromatic N) is 5. The van der Waals surface area contributed by atoms with Gasteiger partial charge < -0.3 is 19.7 Å². The lowest BCUT2D eigenvalue weighted by atomic mass is 9.88. The quantitative estimate of drug-likeness (QED) is 0.255. The highest BCUT2D eigenvalue weighted by atomic mass is 16.4. The van der Waals surface area contributed by atoms with Crippen molar-refractivity contribution >= 4 is 34.7 Å². The first-order valence-corrected chi connectivity index (χ1v) is 15.1. The number of nitriles is 2. The minimum Gasteiger partial charge on any atom is -0.477 e. The molecule has 0 aliphatic heterocycles. The molecule has 2 unspecified atom stereocenters. The van der Waals surface area contributed by atoms with Crippen LogP contribution >= 0.6 is 0 Å². The number of carboxylic acid groups (broad SMARTS) is 1. The molecule has 2 aliphatic rings. The van der Waals surface area contributed by atoms with Crippen molar-refractivity contribution in [3.05, 3.63) is 69.8 Å². The van der Waals surface area contributed by atoms with E-state index in [-0.39, 0.29) is 17.0 Å². The van der Waals surface area contributed by atoms with Crippen molar-refractivity contribution in [3.63, 3.8) is 0 Å². The lowest BCUT2D eigenvalue weighted by molar-refractivity contribution is 0.0690. The lowest BCUT2D eigenvalue weighted by Gasteiger charge is -2.43. The minimum absolute atomic E-state index is 0.0979. The van der Waals surface area contributed by atoms with E-state index in [4.69, 9.17) is 9.52 Å². The highest BCUT2D eigenvalue weighted by molar-refractivity contribution is 5.94. The van der Waals surface area contributed by atoms with Crippen LogP contribution in [0.5, 0.6) is 0 Å². The van der Waals surface area contributed by atoms with E-state index < -0.39 is 29.6 Å². The van der Waals surface area contributed by atoms with E-state index in [1.54, 1.807) is 6.07 Å². The summed E-state index contributed by atoms with van der Waals surface area (Å²) in [4.78, 5) is 47.2. The SMILES string of the molecule is N#CC(N=Cc1cc2ccc(N(C3CCCCC3)C3CCCCC3)cc2oc1=O)C(C#N)NC(=O)c1cccc(C(=O)O)n1. The highest BCUT2D eigenvalue weighted by Crippen LogP contribution is 2.35. The van der Waals surface area contributed by atoms with E-state index in [1.807, 2.05) is 24.3 Å². The average molecular weight is 595 g/mol. The summed E-state index contributed by atoms with van der Waals surface area (Å²) in [5.74, 6) is -2.15. The number of aromatic carboxylic acids is 1. The molecule has 2 saturated carbocycles. The fraction of sp³-hybridized carbons (Fsp3) is 0.424. The first-order valence-electron chi connectivity index (χ1n) is 15.1. The molecule has 0 spiro atoms. The highest BCUT2D eigenvalue weighted by Gasteiger charge is 2.29. The normalized spacial score (nSPS) is 17.4. The molecule has 0 radical (unpaired) electrons. The van der Waals surface area contributed by atoms with Crippen LogP contribution in [-0.4, -0.2) is 52.3 Å². The molecular weight excluding hydrogens is 560 g/mol. The molecule has 0 saturated heterocycles. The zero-order valence-electron chi connectivity index (χ0n) is 24.3. The van der Waals surface area contributed by atoms with Crippen LogP contribution in [0, 0.1) is 22.7 Å². The van der Waals surface area contributed by atoms with Gasteiger partial charge in [0.25, 0.3) is 5.91 Å². The van der Waals surface area contributed by atoms with Gasteiger partial charge in [-0.3, -0.25) is 9.79 Å². The van der Waals surface area contributed by atoms with Gasteiger partial charge in [0.15, 0.2) is 12.1 Å². The van der Waals surface area contributed by atoms with Crippen LogP contribution in [0.2, 0.25) is 0 Å². The third-order valence-corrected chi connectivity index (χ3v) is 8.43. The van der Waals surface area contributed by atoms with Crippen LogP contribution in [-0.2, 0) is 0 Å². The van der Waals surface area contributed by atoms with Gasteiger partial charge in [0.2, 0.25) is 0 Å². The zero-order chi connectivity index (χ0) is 31.1. The van der Waals surface area contributed by atoms with Gasteiger partial charge in [-0.15, -0.1) is 0 Å². The van der Waals surface area contributed by atoms with E-state index in [1.165, 1.54) is 88.6 Å². The fourth-order valence-electron chi connectivity index (χ4n) is 6.24. The van der Waals surface area contributed by atoms with E-state index in [2.05, 4.69) is 26.3 Å². The van der Waals surface area contributed by atoms with Gasteiger partial charge in [-0.05, 0) is 56.0 Å². The Morgan fingerprint density at radius 2 is 1.64 bits per heavy atom. The van der Waals surface area contributed by atoms with Gasteiger partial charge in [-0.1, -0.05) is 44.6 Å². The number of benzene rings is 1. The Bertz CT molecular complexity index is 1670. The number of anilines is 1. The first kappa shape index (κ1) is 30.4. The Kier molecular flexibility index (Phi) is 9.65. The number of pyridine rings is 1. The number of aromatic nitrogens is 1. The van der Waals surface area contributed by atoms with E-state index in [0.29, 0.717) is 23.1 Å². The Hall–Kier alpha value is -5.03. The second-order valence-electron chi connectivity index (χ2n) is 11.3. The number of carbonyl (C=O) groups excluding carboxylic acids is 1. The number of carbonyl (C=O) groups is 2. The molecule has 44 heavy (non-hydrogen) atoms. The molecule has 2 aromatic heterocycles. The Morgan fingerprint density at radius 1 is 0.977 bits per heavy atom. The molecular formula is C33H34N6O5. The monoisotopic (exact) mass is 594 g/mol. The van der Waals surface area contributed by atoms with Crippen LogP contribution in [0.4, 0.5) is 5.69 Å². The Labute approximate surface area is 254 Å². The summed E-state index contributed by atoms with van der Waals surface area (Å²) in [5.41, 5.74) is 0.431. The third kappa shape index (κ3) is 6.95. The summed E-state index contributed by atoms with van der Waals surface area (Å²) in [6.45, 7) is 0. The van der Waals surface area contributed by atoms with Gasteiger partial charge in [0.1, 0.15) is 17.0 Å². The number of hydrogen-bond acceptors (Lipinski definition) is 9. The summed E-state index contributed by atoms with van der Waals surface area (Å²) in [5, 5.41) is 31.5. The predicted molar refractivity (Wildman–Crippen MR) is 164 cm³/mol. The van der Waals surface area contributed by atoms with Gasteiger partial charge in [0.05, 0.1) is 17.7 Å². The molecule has 11 nitrogen and oxygen atoms in total. The molecule has 2 aliphatic carbocycles. The number of amides is 1. The molecule has 2 atom stereocenters. The number of carboxylic acids is 1. The molecule has 1 amide bonds. The van der Waals surface area contributed by atoms with Crippen molar-refractivity contribution in [2.75, 3.05) is 4.90 Å². The van der Waals surface area contributed by atoms with Crippen LogP contribution in [0.1, 0.15) is 90.7 Å². The lowest BCUT2D eigenvalue weighted by Crippen LogP contribution is -2.45. The largest absolute Gasteiger partial charge is 0.477 e. The second kappa shape index (κ2) is 14.0. The molecule has 2 heterocycles. The zero-order valence-corrected chi connectivity index (χ0v) is 24.3. The number of hydrogen-bond donors (Lipinski definition) is 2. The molecule has 1 aromatic carbocycles. The van der Waals surface area contributed by atoms with Crippen LogP contribution in [0.3, 0.4) is 0 Å². The summed E-state index contributed by atoms with van der Waals surface area (Å²) in [7, 11) is 0. The summed E-state index contributed by atoms with van der Waals surface area (Å²) in [6.07, 6.45) is 13.3. The van der Waals surface area contributed by atoms with Crippen molar-refractivity contribution in [2.24, 2.45) is 4.99 Å². The number of rotatable bonds is 9. The van der Waals surface area contributed by atoms with Crippen molar-refractivity contribution in [2.45, 2.75) is 88.4 Å². The first-order chi connectivity index (χ1) is 21.4. The summed E-state index contributed by atoms with van der Waals surface area (Å²) in [6, 6.07) is 13.4. The molecule has 226 valence electrons. The maximum Gasteiger partial charge on any atom is 0.354 e. The number of aliphatic imine (C=N–C) groups is 1. The topological polar surface area (TPSA) is 173 Å². The minimum atomic E-state index is -1.39. The predicted octanol–water partition coefficient (Wildman–Crippen LogP) is 4.99. The summed E-state index contributed by atoms with van der Waals surface area (Å²) >= 11 is 0. The van der Waals surface area contributed by atoms with Crippen molar-refractivity contribution in [3.8, 4) is 12.1 Å². The summed E-state index contributed by atoms with van der Waals surface area (Å²) < 4.78 is 5.72. The van der Waals surface area contributed by atoms with Crippen molar-refractivity contribution in [1.29, 1.82) is 10.5 Å². The van der Waals surface area contributed by atoms with Crippen LogP contribution in [0.25, 0.3) is 11.0 Å². The fourth-order valence-corrected chi connectivity index (χ4v) is 6.24. The molecule has 11 heteroatoms. The second-order valence-corrected chi connectivity index (χ2v) is 11.3. The smallest absolute Gasteiger partial charge is 0.354 e. The maximum absolute atomic E-state index is 13.0. The standard InChI is InChI=1S/C33H34N6O5/c34-18-28(29(19-35)38-31(40)26-12-7-13-27(37-26)32(41)42)36-20-22-16-21-14-15-25(17-30(21)44-33(22)43)39(23-8-3-1-4-9-23)24-10-5-2-6-11-24/h7,12-17,20,23-24,28-29H,1-6,8-11H2,(H,38,40)(H,41,42). The van der Waals surface area contributed by atoms with Crippen molar-refractivity contribution in [1.82, 2.24) is 10.3 Å². The van der Waals surface area contributed by atoms with Crippen LogP contribution in [0.15, 0.2) is 56.7 Å². The van der Waals surface area contributed by atoms with Crippen LogP contribution < -0.4 is 15.8 Å². The Balaban J connectivity index is 1.35. The number of nitrogens with one attached hydrogen (secondary N) is 1. The average Bonchev–Trinajstić information content (AvgIpc) is 3.05. The molecule has 2 N–H and O–H groups in total. The van der Waals surface area contributed by atoms with Gasteiger partial charge in [-0.25, -0.2) is 14.6 Å². The Morgan fingerprint density at radius 3 is 2.25 bits per heavy atom. The number of fused-ring (bicyclic) bond motifs is 1. The molecule has 0 bridgehead atoms. The molecule has 5 rings (SSSR count). The maximum atomic E-state index is 13.0. The third-order valence-electron chi connectivity index (χ3n) is 8.43. The van der Waals surface area contributed by atoms with E-state index in [9.17, 15) is 24.9 Å². The van der Waals surface area contributed by atoms with E-state index in [0.717, 1.165) is 5.69 Å². The van der Waals surface area contributed by atoms with E-state index >= 15 is 0 Å². The molecule has 2 fully saturated rings. The van der Waals surface area contributed by atoms with Gasteiger partial charge in [-0.2, -0.15) is 10.5 Å².